The van der Waals surface area contributed by atoms with E-state index in [0.29, 0.717) is 17.6 Å². The minimum atomic E-state index is -0.499. The second-order valence-corrected chi connectivity index (χ2v) is 4.88. The van der Waals surface area contributed by atoms with Gasteiger partial charge in [-0.3, -0.25) is 4.79 Å². The Kier molecular flexibility index (Phi) is 3.22. The van der Waals surface area contributed by atoms with Crippen molar-refractivity contribution in [3.05, 3.63) is 57.6 Å². The van der Waals surface area contributed by atoms with E-state index in [1.54, 1.807) is 0 Å². The molecule has 20 heavy (non-hydrogen) atoms. The predicted molar refractivity (Wildman–Crippen MR) is 70.5 cm³/mol. The Morgan fingerprint density at radius 1 is 1.30 bits per heavy atom. The molecule has 104 valence electrons. The fourth-order valence-electron chi connectivity index (χ4n) is 1.98. The molecule has 6 heteroatoms. The molecule has 0 bridgehead atoms. The second kappa shape index (κ2) is 5.03. The van der Waals surface area contributed by atoms with E-state index in [2.05, 4.69) is 15.3 Å². The molecular weight excluding hydrogens is 264 g/mol. The monoisotopic (exact) mass is 277 g/mol. The molecule has 1 fully saturated rings. The van der Waals surface area contributed by atoms with Crippen molar-refractivity contribution < 1.29 is 8.78 Å². The summed E-state index contributed by atoms with van der Waals surface area (Å²) in [5.41, 5.74) is -0.0517. The summed E-state index contributed by atoms with van der Waals surface area (Å²) in [5, 5.41) is 2.86. The van der Waals surface area contributed by atoms with Gasteiger partial charge in [0, 0.05) is 24.1 Å². The molecule has 0 amide bonds. The van der Waals surface area contributed by atoms with E-state index >= 15 is 0 Å². The van der Waals surface area contributed by atoms with Crippen LogP contribution in [0.2, 0.25) is 0 Å². The molecule has 0 unspecified atom stereocenters. The molecule has 0 atom stereocenters. The van der Waals surface area contributed by atoms with Crippen LogP contribution < -0.4 is 10.9 Å². The third-order valence-electron chi connectivity index (χ3n) is 3.19. The number of rotatable bonds is 4. The van der Waals surface area contributed by atoms with Crippen LogP contribution in [-0.4, -0.2) is 9.97 Å². The van der Waals surface area contributed by atoms with Crippen molar-refractivity contribution in [1.29, 1.82) is 0 Å². The van der Waals surface area contributed by atoms with Crippen molar-refractivity contribution in [1.82, 2.24) is 9.97 Å². The standard InChI is InChI=1S/C14H13F2N3O/c15-10-3-4-11(16)9(5-10)7-17-12-6-13(20)19-14(18-12)8-1-2-8/h3-6,8H,1-2,7H2,(H2,17,18,19,20). The van der Waals surface area contributed by atoms with Crippen LogP contribution in [0.5, 0.6) is 0 Å². The fourth-order valence-corrected chi connectivity index (χ4v) is 1.98. The average Bonchev–Trinajstić information content (AvgIpc) is 3.23. The Morgan fingerprint density at radius 3 is 2.85 bits per heavy atom. The lowest BCUT2D eigenvalue weighted by molar-refractivity contribution is 0.587. The third-order valence-corrected chi connectivity index (χ3v) is 3.19. The Morgan fingerprint density at radius 2 is 2.10 bits per heavy atom. The van der Waals surface area contributed by atoms with Gasteiger partial charge in [-0.15, -0.1) is 0 Å². The number of hydrogen-bond donors (Lipinski definition) is 2. The van der Waals surface area contributed by atoms with Crippen LogP contribution in [0.15, 0.2) is 29.1 Å². The quantitative estimate of drug-likeness (QED) is 0.903. The van der Waals surface area contributed by atoms with E-state index in [4.69, 9.17) is 0 Å². The zero-order valence-electron chi connectivity index (χ0n) is 10.6. The van der Waals surface area contributed by atoms with Crippen LogP contribution in [-0.2, 0) is 6.54 Å². The summed E-state index contributed by atoms with van der Waals surface area (Å²) in [5.74, 6) is 0.348. The molecule has 1 aromatic heterocycles. The van der Waals surface area contributed by atoms with Gasteiger partial charge in [-0.25, -0.2) is 13.8 Å². The molecule has 1 heterocycles. The Hall–Kier alpha value is -2.24. The first-order valence-electron chi connectivity index (χ1n) is 6.41. The second-order valence-electron chi connectivity index (χ2n) is 4.88. The molecular formula is C14H13F2N3O. The van der Waals surface area contributed by atoms with Gasteiger partial charge in [0.05, 0.1) is 0 Å². The highest BCUT2D eigenvalue weighted by molar-refractivity contribution is 5.35. The molecule has 3 rings (SSSR count). The molecule has 1 aromatic carbocycles. The van der Waals surface area contributed by atoms with Crippen molar-refractivity contribution in [2.45, 2.75) is 25.3 Å². The van der Waals surface area contributed by atoms with Crippen LogP contribution in [0.25, 0.3) is 0 Å². The number of H-pyrrole nitrogens is 1. The molecule has 0 radical (unpaired) electrons. The van der Waals surface area contributed by atoms with Gasteiger partial charge in [-0.1, -0.05) is 0 Å². The lowest BCUT2D eigenvalue weighted by Gasteiger charge is -2.08. The zero-order valence-corrected chi connectivity index (χ0v) is 10.6. The van der Waals surface area contributed by atoms with Crippen molar-refractivity contribution in [2.24, 2.45) is 0 Å². The summed E-state index contributed by atoms with van der Waals surface area (Å²) in [6, 6.07) is 4.57. The number of nitrogens with one attached hydrogen (secondary N) is 2. The first-order valence-corrected chi connectivity index (χ1v) is 6.41. The topological polar surface area (TPSA) is 57.8 Å². The van der Waals surface area contributed by atoms with Crippen LogP contribution in [0, 0.1) is 11.6 Å². The predicted octanol–water partition coefficient (Wildman–Crippen LogP) is 2.54. The van der Waals surface area contributed by atoms with E-state index in [-0.39, 0.29) is 17.7 Å². The van der Waals surface area contributed by atoms with E-state index in [1.165, 1.54) is 6.07 Å². The molecule has 0 spiro atoms. The maximum Gasteiger partial charge on any atom is 0.252 e. The van der Waals surface area contributed by atoms with Gasteiger partial charge in [0.15, 0.2) is 0 Å². The highest BCUT2D eigenvalue weighted by Crippen LogP contribution is 2.37. The maximum absolute atomic E-state index is 13.5. The van der Waals surface area contributed by atoms with Gasteiger partial charge in [0.1, 0.15) is 23.3 Å². The summed E-state index contributed by atoms with van der Waals surface area (Å²) >= 11 is 0. The average molecular weight is 277 g/mol. The maximum atomic E-state index is 13.5. The zero-order chi connectivity index (χ0) is 14.1. The lowest BCUT2D eigenvalue weighted by Crippen LogP contribution is -2.13. The number of halogens is 2. The summed E-state index contributed by atoms with van der Waals surface area (Å²) in [4.78, 5) is 18.5. The number of anilines is 1. The Balaban J connectivity index is 1.77. The smallest absolute Gasteiger partial charge is 0.252 e. The van der Waals surface area contributed by atoms with E-state index < -0.39 is 11.6 Å². The number of aromatic amines is 1. The SMILES string of the molecule is O=c1cc(NCc2cc(F)ccc2F)nc(C2CC2)[nH]1. The number of benzene rings is 1. The molecule has 1 saturated carbocycles. The largest absolute Gasteiger partial charge is 0.366 e. The van der Waals surface area contributed by atoms with Crippen LogP contribution in [0.3, 0.4) is 0 Å². The Bertz CT molecular complexity index is 695. The lowest BCUT2D eigenvalue weighted by atomic mass is 10.2. The van der Waals surface area contributed by atoms with Crippen LogP contribution in [0.4, 0.5) is 14.6 Å². The van der Waals surface area contributed by atoms with Crippen LogP contribution in [0.1, 0.15) is 30.1 Å². The van der Waals surface area contributed by atoms with Gasteiger partial charge in [-0.05, 0) is 31.0 Å². The number of aromatic nitrogens is 2. The molecule has 2 aromatic rings. The fraction of sp³-hybridized carbons (Fsp3) is 0.286. The van der Waals surface area contributed by atoms with Crippen LogP contribution >= 0.6 is 0 Å². The molecule has 1 aliphatic carbocycles. The molecule has 0 saturated heterocycles. The number of nitrogens with zero attached hydrogens (tertiary/aromatic N) is 1. The van der Waals surface area contributed by atoms with Crippen molar-refractivity contribution in [3.8, 4) is 0 Å². The molecule has 0 aliphatic heterocycles. The third kappa shape index (κ3) is 2.84. The van der Waals surface area contributed by atoms with Crippen molar-refractivity contribution in [3.63, 3.8) is 0 Å². The van der Waals surface area contributed by atoms with E-state index in [0.717, 1.165) is 31.0 Å². The minimum Gasteiger partial charge on any atom is -0.366 e. The Labute approximate surface area is 113 Å². The van der Waals surface area contributed by atoms with Crippen molar-refractivity contribution in [2.75, 3.05) is 5.32 Å². The minimum absolute atomic E-state index is 0.0736. The highest BCUT2D eigenvalue weighted by atomic mass is 19.1. The summed E-state index contributed by atoms with van der Waals surface area (Å²) in [7, 11) is 0. The van der Waals surface area contributed by atoms with E-state index in [1.807, 2.05) is 0 Å². The molecule has 2 N–H and O–H groups in total. The van der Waals surface area contributed by atoms with Gasteiger partial charge in [-0.2, -0.15) is 0 Å². The van der Waals surface area contributed by atoms with Gasteiger partial charge in [0.25, 0.3) is 5.56 Å². The first kappa shape index (κ1) is 12.8. The summed E-state index contributed by atoms with van der Waals surface area (Å²) < 4.78 is 26.5. The molecule has 1 aliphatic rings. The molecule has 4 nitrogen and oxygen atoms in total. The highest BCUT2D eigenvalue weighted by Gasteiger charge is 2.26. The van der Waals surface area contributed by atoms with E-state index in [9.17, 15) is 13.6 Å². The number of hydrogen-bond acceptors (Lipinski definition) is 3. The van der Waals surface area contributed by atoms with Crippen molar-refractivity contribution >= 4 is 5.82 Å². The van der Waals surface area contributed by atoms with Gasteiger partial charge >= 0.3 is 0 Å². The van der Waals surface area contributed by atoms with Gasteiger partial charge in [0.2, 0.25) is 0 Å². The summed E-state index contributed by atoms with van der Waals surface area (Å²) in [6.07, 6.45) is 2.04. The summed E-state index contributed by atoms with van der Waals surface area (Å²) in [6.45, 7) is 0.0736. The normalized spacial score (nSPS) is 14.3. The van der Waals surface area contributed by atoms with Gasteiger partial charge < -0.3 is 10.3 Å². The first-order chi connectivity index (χ1) is 9.61.